The second kappa shape index (κ2) is 5.70. The molecule has 0 amide bonds. The van der Waals surface area contributed by atoms with Crippen molar-refractivity contribution >= 4 is 0 Å². The Morgan fingerprint density at radius 3 is 2.79 bits per heavy atom. The molecule has 1 aromatic rings. The van der Waals surface area contributed by atoms with Gasteiger partial charge in [-0.25, -0.2) is 0 Å². The number of hydrogen-bond donors (Lipinski definition) is 1. The summed E-state index contributed by atoms with van der Waals surface area (Å²) in [5.74, 6) is 3.33. The molecule has 104 valence electrons. The van der Waals surface area contributed by atoms with Gasteiger partial charge in [0, 0.05) is 11.6 Å². The Morgan fingerprint density at radius 2 is 2.00 bits per heavy atom. The Morgan fingerprint density at radius 1 is 1.21 bits per heavy atom. The summed E-state index contributed by atoms with van der Waals surface area (Å²) in [6.07, 6.45) is 3.50. The van der Waals surface area contributed by atoms with Crippen molar-refractivity contribution in [3.8, 4) is 17.2 Å². The van der Waals surface area contributed by atoms with Crippen LogP contribution in [0.2, 0.25) is 0 Å². The van der Waals surface area contributed by atoms with E-state index >= 15 is 0 Å². The molecule has 0 radical (unpaired) electrons. The molecule has 0 spiro atoms. The molecule has 0 aliphatic carbocycles. The largest absolute Gasteiger partial charge is 0.497 e. The lowest BCUT2D eigenvalue weighted by Gasteiger charge is -2.26. The minimum absolute atomic E-state index is 0.618. The van der Waals surface area contributed by atoms with Crippen LogP contribution < -0.4 is 19.5 Å². The first kappa shape index (κ1) is 12.6. The van der Waals surface area contributed by atoms with Crippen molar-refractivity contribution in [3.63, 3.8) is 0 Å². The summed E-state index contributed by atoms with van der Waals surface area (Å²) in [4.78, 5) is 0. The Labute approximate surface area is 114 Å². The summed E-state index contributed by atoms with van der Waals surface area (Å²) in [6.45, 7) is 3.49. The molecule has 1 fully saturated rings. The van der Waals surface area contributed by atoms with Crippen LogP contribution in [0, 0.1) is 5.92 Å². The van der Waals surface area contributed by atoms with Crippen molar-refractivity contribution < 1.29 is 14.2 Å². The molecule has 0 aromatic heterocycles. The van der Waals surface area contributed by atoms with Crippen molar-refractivity contribution in [1.82, 2.24) is 5.32 Å². The predicted molar refractivity (Wildman–Crippen MR) is 73.3 cm³/mol. The van der Waals surface area contributed by atoms with Gasteiger partial charge in [0.1, 0.15) is 19.0 Å². The normalized spacial score (nSPS) is 19.2. The molecule has 1 aromatic carbocycles. The van der Waals surface area contributed by atoms with Gasteiger partial charge in [0.25, 0.3) is 0 Å². The Bertz CT molecular complexity index is 441. The van der Waals surface area contributed by atoms with Crippen LogP contribution in [0.5, 0.6) is 17.2 Å². The maximum Gasteiger partial charge on any atom is 0.165 e. The number of piperidine rings is 1. The minimum atomic E-state index is 0.618. The summed E-state index contributed by atoms with van der Waals surface area (Å²) < 4.78 is 16.8. The van der Waals surface area contributed by atoms with E-state index in [4.69, 9.17) is 14.2 Å². The Hall–Kier alpha value is -1.42. The average Bonchev–Trinajstić information content (AvgIpc) is 2.48. The van der Waals surface area contributed by atoms with Gasteiger partial charge in [-0.1, -0.05) is 0 Å². The van der Waals surface area contributed by atoms with E-state index in [0.717, 1.165) is 42.7 Å². The van der Waals surface area contributed by atoms with E-state index in [-0.39, 0.29) is 0 Å². The lowest BCUT2D eigenvalue weighted by atomic mass is 9.90. The third-order valence-corrected chi connectivity index (χ3v) is 3.90. The second-order valence-corrected chi connectivity index (χ2v) is 5.21. The summed E-state index contributed by atoms with van der Waals surface area (Å²) in [7, 11) is 1.69. The van der Waals surface area contributed by atoms with Crippen LogP contribution in [0.1, 0.15) is 18.4 Å². The van der Waals surface area contributed by atoms with Crippen LogP contribution in [0.3, 0.4) is 0 Å². The topological polar surface area (TPSA) is 39.7 Å². The molecule has 4 nitrogen and oxygen atoms in total. The van der Waals surface area contributed by atoms with Gasteiger partial charge in [-0.05, 0) is 44.3 Å². The molecule has 0 bridgehead atoms. The number of benzene rings is 1. The second-order valence-electron chi connectivity index (χ2n) is 5.21. The molecule has 2 aliphatic heterocycles. The first-order chi connectivity index (χ1) is 9.36. The highest BCUT2D eigenvalue weighted by Crippen LogP contribution is 2.39. The van der Waals surface area contributed by atoms with Crippen LogP contribution >= 0.6 is 0 Å². The van der Waals surface area contributed by atoms with E-state index in [0.29, 0.717) is 13.2 Å². The SMILES string of the molecule is COc1cc(CC2CCNCC2)c2c(c1)OCCO2. The fourth-order valence-electron chi connectivity index (χ4n) is 2.86. The molecule has 19 heavy (non-hydrogen) atoms. The standard InChI is InChI=1S/C15H21NO3/c1-17-13-9-12(8-11-2-4-16-5-3-11)15-14(10-13)18-6-7-19-15/h9-11,16H,2-8H2,1H3. The highest BCUT2D eigenvalue weighted by Gasteiger charge is 2.21. The fourth-order valence-corrected chi connectivity index (χ4v) is 2.86. The van der Waals surface area contributed by atoms with E-state index in [2.05, 4.69) is 11.4 Å². The van der Waals surface area contributed by atoms with E-state index in [9.17, 15) is 0 Å². The van der Waals surface area contributed by atoms with E-state index in [1.807, 2.05) is 6.07 Å². The number of methoxy groups -OCH3 is 1. The minimum Gasteiger partial charge on any atom is -0.497 e. The number of fused-ring (bicyclic) bond motifs is 1. The highest BCUT2D eigenvalue weighted by atomic mass is 16.6. The maximum absolute atomic E-state index is 5.80. The molecule has 2 aliphatic rings. The van der Waals surface area contributed by atoms with Crippen molar-refractivity contribution in [3.05, 3.63) is 17.7 Å². The summed E-state index contributed by atoms with van der Waals surface area (Å²) in [6, 6.07) is 4.01. The molecular weight excluding hydrogens is 242 g/mol. The highest BCUT2D eigenvalue weighted by molar-refractivity contribution is 5.52. The van der Waals surface area contributed by atoms with Crippen molar-refractivity contribution in [2.24, 2.45) is 5.92 Å². The third-order valence-electron chi connectivity index (χ3n) is 3.90. The monoisotopic (exact) mass is 263 g/mol. The van der Waals surface area contributed by atoms with Crippen LogP contribution in [0.25, 0.3) is 0 Å². The molecule has 3 rings (SSSR count). The summed E-state index contributed by atoms with van der Waals surface area (Å²) >= 11 is 0. The first-order valence-electron chi connectivity index (χ1n) is 7.04. The molecule has 4 heteroatoms. The van der Waals surface area contributed by atoms with Gasteiger partial charge >= 0.3 is 0 Å². The van der Waals surface area contributed by atoms with Crippen LogP contribution in [-0.4, -0.2) is 33.4 Å². The molecule has 0 atom stereocenters. The van der Waals surface area contributed by atoms with Gasteiger partial charge in [-0.2, -0.15) is 0 Å². The molecule has 1 N–H and O–H groups in total. The van der Waals surface area contributed by atoms with Gasteiger partial charge in [0.2, 0.25) is 0 Å². The zero-order valence-corrected chi connectivity index (χ0v) is 11.4. The molecular formula is C15H21NO3. The molecule has 2 heterocycles. The number of nitrogens with one attached hydrogen (secondary N) is 1. The van der Waals surface area contributed by atoms with Crippen molar-refractivity contribution in [1.29, 1.82) is 0 Å². The van der Waals surface area contributed by atoms with Crippen molar-refractivity contribution in [2.45, 2.75) is 19.3 Å². The number of hydrogen-bond acceptors (Lipinski definition) is 4. The van der Waals surface area contributed by atoms with E-state index in [1.54, 1.807) is 7.11 Å². The molecule has 0 saturated carbocycles. The van der Waals surface area contributed by atoms with Crippen LogP contribution in [-0.2, 0) is 6.42 Å². The number of rotatable bonds is 3. The quantitative estimate of drug-likeness (QED) is 0.905. The lowest BCUT2D eigenvalue weighted by Crippen LogP contribution is -2.29. The van der Waals surface area contributed by atoms with Crippen molar-refractivity contribution in [2.75, 3.05) is 33.4 Å². The first-order valence-corrected chi connectivity index (χ1v) is 7.04. The van der Waals surface area contributed by atoms with Crippen LogP contribution in [0.15, 0.2) is 12.1 Å². The van der Waals surface area contributed by atoms with Gasteiger partial charge in [0.05, 0.1) is 7.11 Å². The Kier molecular flexibility index (Phi) is 3.78. The smallest absolute Gasteiger partial charge is 0.165 e. The molecule has 1 saturated heterocycles. The van der Waals surface area contributed by atoms with Crippen LogP contribution in [0.4, 0.5) is 0 Å². The van der Waals surface area contributed by atoms with E-state index < -0.39 is 0 Å². The zero-order chi connectivity index (χ0) is 13.1. The van der Waals surface area contributed by atoms with Gasteiger partial charge in [-0.3, -0.25) is 0 Å². The van der Waals surface area contributed by atoms with Gasteiger partial charge in [-0.15, -0.1) is 0 Å². The summed E-state index contributed by atoms with van der Waals surface area (Å²) in [5.41, 5.74) is 1.22. The number of ether oxygens (including phenoxy) is 3. The zero-order valence-electron chi connectivity index (χ0n) is 11.4. The fraction of sp³-hybridized carbons (Fsp3) is 0.600. The Balaban J connectivity index is 1.85. The lowest BCUT2D eigenvalue weighted by molar-refractivity contribution is 0.168. The predicted octanol–water partition coefficient (Wildman–Crippen LogP) is 2.01. The third kappa shape index (κ3) is 2.78. The van der Waals surface area contributed by atoms with Gasteiger partial charge < -0.3 is 19.5 Å². The molecule has 0 unspecified atom stereocenters. The van der Waals surface area contributed by atoms with E-state index in [1.165, 1.54) is 18.4 Å². The summed E-state index contributed by atoms with van der Waals surface area (Å²) in [5, 5.41) is 3.40. The average molecular weight is 263 g/mol. The maximum atomic E-state index is 5.80. The van der Waals surface area contributed by atoms with Gasteiger partial charge in [0.15, 0.2) is 11.5 Å².